The Hall–Kier alpha value is -2.06. The minimum atomic E-state index is 0.0896. The summed E-state index contributed by atoms with van der Waals surface area (Å²) in [6, 6.07) is 14.0. The highest BCUT2D eigenvalue weighted by Crippen LogP contribution is 2.13. The maximum Gasteiger partial charge on any atom is 0.119 e. The fourth-order valence-corrected chi connectivity index (χ4v) is 1.96. The van der Waals surface area contributed by atoms with Crippen LogP contribution in [0.15, 0.2) is 48.5 Å². The average molecular weight is 268 g/mol. The first-order chi connectivity index (χ1) is 9.69. The molecule has 2 aromatic rings. The molecular formula is C18H20O2. The molecule has 20 heavy (non-hydrogen) atoms. The molecule has 0 aromatic heterocycles. The van der Waals surface area contributed by atoms with Crippen LogP contribution >= 0.6 is 0 Å². The van der Waals surface area contributed by atoms with Crippen molar-refractivity contribution in [3.05, 3.63) is 70.8 Å². The summed E-state index contributed by atoms with van der Waals surface area (Å²) in [6.45, 7) is 4.70. The van der Waals surface area contributed by atoms with Crippen molar-refractivity contribution in [2.75, 3.05) is 6.61 Å². The van der Waals surface area contributed by atoms with Gasteiger partial charge in [-0.1, -0.05) is 42.0 Å². The molecule has 0 saturated carbocycles. The van der Waals surface area contributed by atoms with Crippen molar-refractivity contribution in [3.63, 3.8) is 0 Å². The molecule has 0 heterocycles. The number of hydrogen-bond acceptors (Lipinski definition) is 2. The van der Waals surface area contributed by atoms with Crippen molar-refractivity contribution < 1.29 is 9.84 Å². The van der Waals surface area contributed by atoms with Crippen molar-refractivity contribution in [2.45, 2.75) is 20.5 Å². The zero-order valence-electron chi connectivity index (χ0n) is 12.0. The van der Waals surface area contributed by atoms with E-state index in [1.807, 2.05) is 55.5 Å². The summed E-state index contributed by atoms with van der Waals surface area (Å²) in [5, 5.41) is 9.13. The smallest absolute Gasteiger partial charge is 0.119 e. The molecule has 2 nitrogen and oxygen atoms in total. The molecule has 0 atom stereocenters. The van der Waals surface area contributed by atoms with E-state index in [1.54, 1.807) is 0 Å². The van der Waals surface area contributed by atoms with Gasteiger partial charge in [-0.05, 0) is 48.7 Å². The minimum absolute atomic E-state index is 0.0896. The second-order valence-corrected chi connectivity index (χ2v) is 4.87. The van der Waals surface area contributed by atoms with Crippen molar-refractivity contribution in [3.8, 4) is 5.75 Å². The highest BCUT2D eigenvalue weighted by Gasteiger charge is 1.96. The summed E-state index contributed by atoms with van der Waals surface area (Å²) in [4.78, 5) is 0. The number of hydrogen-bond donors (Lipinski definition) is 1. The summed E-state index contributed by atoms with van der Waals surface area (Å²) in [5.41, 5.74) is 4.42. The Balaban J connectivity index is 1.90. The Kier molecular flexibility index (Phi) is 4.97. The number of aryl methyl sites for hydroxylation is 2. The van der Waals surface area contributed by atoms with Gasteiger partial charge in [0.2, 0.25) is 0 Å². The lowest BCUT2D eigenvalue weighted by Crippen LogP contribution is -1.93. The molecule has 0 unspecified atom stereocenters. The first-order valence-electron chi connectivity index (χ1n) is 6.75. The molecule has 0 radical (unpaired) electrons. The van der Waals surface area contributed by atoms with Crippen LogP contribution in [0.3, 0.4) is 0 Å². The van der Waals surface area contributed by atoms with Gasteiger partial charge in [0.15, 0.2) is 0 Å². The van der Waals surface area contributed by atoms with E-state index in [4.69, 9.17) is 9.84 Å². The second kappa shape index (κ2) is 6.92. The topological polar surface area (TPSA) is 29.5 Å². The normalized spacial score (nSPS) is 10.9. The number of aliphatic hydroxyl groups excluding tert-OH is 1. The zero-order valence-corrected chi connectivity index (χ0v) is 12.0. The highest BCUT2D eigenvalue weighted by molar-refractivity contribution is 5.51. The molecule has 0 amide bonds. The van der Waals surface area contributed by atoms with E-state index in [2.05, 4.69) is 13.0 Å². The maximum atomic E-state index is 9.13. The summed E-state index contributed by atoms with van der Waals surface area (Å²) in [6.07, 6.45) is 4.02. The van der Waals surface area contributed by atoms with Crippen molar-refractivity contribution in [1.29, 1.82) is 0 Å². The van der Waals surface area contributed by atoms with Gasteiger partial charge in [0.25, 0.3) is 0 Å². The first kappa shape index (κ1) is 14.4. The monoisotopic (exact) mass is 268 g/mol. The van der Waals surface area contributed by atoms with Gasteiger partial charge >= 0.3 is 0 Å². The van der Waals surface area contributed by atoms with E-state index in [9.17, 15) is 0 Å². The van der Waals surface area contributed by atoms with E-state index in [0.29, 0.717) is 6.61 Å². The summed E-state index contributed by atoms with van der Waals surface area (Å²) in [7, 11) is 0. The van der Waals surface area contributed by atoms with E-state index in [1.165, 1.54) is 5.56 Å². The predicted molar refractivity (Wildman–Crippen MR) is 82.8 cm³/mol. The first-order valence-corrected chi connectivity index (χ1v) is 6.75. The SMILES string of the molecule is Cc1ccc(OCC=Cc2ccc(CO)c(C)c2)cc1. The fraction of sp³-hybridized carbons (Fsp3) is 0.222. The van der Waals surface area contributed by atoms with Gasteiger partial charge in [-0.3, -0.25) is 0 Å². The molecule has 0 fully saturated rings. The van der Waals surface area contributed by atoms with E-state index in [-0.39, 0.29) is 6.61 Å². The lowest BCUT2D eigenvalue weighted by Gasteiger charge is -2.04. The molecule has 2 rings (SSSR count). The van der Waals surface area contributed by atoms with Crippen molar-refractivity contribution in [2.24, 2.45) is 0 Å². The minimum Gasteiger partial charge on any atom is -0.490 e. The van der Waals surface area contributed by atoms with Crippen LogP contribution in [0.4, 0.5) is 0 Å². The molecule has 2 aromatic carbocycles. The highest BCUT2D eigenvalue weighted by atomic mass is 16.5. The van der Waals surface area contributed by atoms with Gasteiger partial charge < -0.3 is 9.84 Å². The van der Waals surface area contributed by atoms with Crippen LogP contribution in [-0.4, -0.2) is 11.7 Å². The second-order valence-electron chi connectivity index (χ2n) is 4.87. The van der Waals surface area contributed by atoms with Crippen LogP contribution in [0.2, 0.25) is 0 Å². The van der Waals surface area contributed by atoms with Gasteiger partial charge in [0.1, 0.15) is 12.4 Å². The van der Waals surface area contributed by atoms with Gasteiger partial charge in [0.05, 0.1) is 6.61 Å². The van der Waals surface area contributed by atoms with Gasteiger partial charge in [-0.2, -0.15) is 0 Å². The Morgan fingerprint density at radius 2 is 1.80 bits per heavy atom. The molecule has 0 bridgehead atoms. The van der Waals surface area contributed by atoms with Crippen LogP contribution in [0.1, 0.15) is 22.3 Å². The van der Waals surface area contributed by atoms with Gasteiger partial charge in [0, 0.05) is 0 Å². The Bertz CT molecular complexity index is 583. The van der Waals surface area contributed by atoms with E-state index < -0.39 is 0 Å². The molecule has 104 valence electrons. The quantitative estimate of drug-likeness (QED) is 0.891. The van der Waals surface area contributed by atoms with Gasteiger partial charge in [-0.15, -0.1) is 0 Å². The fourth-order valence-electron chi connectivity index (χ4n) is 1.96. The standard InChI is InChI=1S/C18H20O2/c1-14-5-9-18(10-6-14)20-11-3-4-16-7-8-17(13-19)15(2)12-16/h3-10,12,19H,11,13H2,1-2H3. The van der Waals surface area contributed by atoms with Crippen LogP contribution in [-0.2, 0) is 6.61 Å². The van der Waals surface area contributed by atoms with E-state index >= 15 is 0 Å². The zero-order chi connectivity index (χ0) is 14.4. The van der Waals surface area contributed by atoms with Crippen LogP contribution in [0, 0.1) is 13.8 Å². The van der Waals surface area contributed by atoms with Crippen molar-refractivity contribution in [1.82, 2.24) is 0 Å². The maximum absolute atomic E-state index is 9.13. The Morgan fingerprint density at radius 3 is 2.45 bits per heavy atom. The predicted octanol–water partition coefficient (Wildman–Crippen LogP) is 3.89. The van der Waals surface area contributed by atoms with Crippen molar-refractivity contribution >= 4 is 6.08 Å². The third-order valence-electron chi connectivity index (χ3n) is 3.21. The molecule has 0 aliphatic carbocycles. The molecule has 0 aliphatic heterocycles. The number of aliphatic hydroxyl groups is 1. The van der Waals surface area contributed by atoms with Crippen LogP contribution in [0.5, 0.6) is 5.75 Å². The molecule has 0 saturated heterocycles. The number of benzene rings is 2. The molecular weight excluding hydrogens is 248 g/mol. The molecule has 2 heteroatoms. The lowest BCUT2D eigenvalue weighted by molar-refractivity contribution is 0.281. The Labute approximate surface area is 120 Å². The third kappa shape index (κ3) is 3.97. The third-order valence-corrected chi connectivity index (χ3v) is 3.21. The largest absolute Gasteiger partial charge is 0.490 e. The van der Waals surface area contributed by atoms with Crippen LogP contribution in [0.25, 0.3) is 6.08 Å². The molecule has 0 spiro atoms. The van der Waals surface area contributed by atoms with E-state index in [0.717, 1.165) is 22.4 Å². The van der Waals surface area contributed by atoms with Gasteiger partial charge in [-0.25, -0.2) is 0 Å². The Morgan fingerprint density at radius 1 is 1.05 bits per heavy atom. The number of ether oxygens (including phenoxy) is 1. The number of rotatable bonds is 5. The summed E-state index contributed by atoms with van der Waals surface area (Å²) in [5.74, 6) is 0.882. The summed E-state index contributed by atoms with van der Waals surface area (Å²) < 4.78 is 5.63. The molecule has 0 aliphatic rings. The molecule has 1 N–H and O–H groups in total. The average Bonchev–Trinajstić information content (AvgIpc) is 2.46. The summed E-state index contributed by atoms with van der Waals surface area (Å²) >= 11 is 0. The lowest BCUT2D eigenvalue weighted by atomic mass is 10.1. The van der Waals surface area contributed by atoms with Crippen LogP contribution < -0.4 is 4.74 Å².